The molecule has 1 aromatic rings. The van der Waals surface area contributed by atoms with Crippen LogP contribution in [-0.4, -0.2) is 374 Å². The summed E-state index contributed by atoms with van der Waals surface area (Å²) in [5.41, 5.74) is 32.5. The second-order valence-electron chi connectivity index (χ2n) is 32.4. The number of benzene rings is 1. The first kappa shape index (κ1) is 118. The molecule has 59 heteroatoms. The molecule has 19 atom stereocenters. The van der Waals surface area contributed by atoms with E-state index >= 15 is 0 Å². The number of amides is 23. The largest absolute Gasteiger partial charge is 0.481 e. The van der Waals surface area contributed by atoms with Gasteiger partial charge in [-0.05, 0) is 77.2 Å². The Labute approximate surface area is 792 Å². The summed E-state index contributed by atoms with van der Waals surface area (Å²) < 4.78 is 0. The molecular formula is C80H125N27O32. The molecule has 0 aliphatic carbocycles. The summed E-state index contributed by atoms with van der Waals surface area (Å²) in [6.45, 7) is -1.18. The van der Waals surface area contributed by atoms with E-state index in [9.17, 15) is 151 Å². The van der Waals surface area contributed by atoms with Crippen molar-refractivity contribution in [3.05, 3.63) is 35.9 Å². The fraction of sp³-hybridized carbons (Fsp3) is 0.600. The Balaban J connectivity index is 1.69. The molecule has 3 rings (SSSR count). The third-order valence-corrected chi connectivity index (χ3v) is 21.2. The second kappa shape index (κ2) is 59.1. The minimum Gasteiger partial charge on any atom is -0.481 e. The molecule has 0 unspecified atom stereocenters. The summed E-state index contributed by atoms with van der Waals surface area (Å²) >= 11 is 0. The van der Waals surface area contributed by atoms with Crippen molar-refractivity contribution in [2.75, 3.05) is 65.6 Å². The minimum atomic E-state index is -2.22. The van der Waals surface area contributed by atoms with Gasteiger partial charge >= 0.3 is 11.9 Å². The number of aliphatic hydroxyl groups excluding tert-OH is 5. The number of carboxylic acid groups (broad SMARTS) is 2. The number of nitrogens with two attached hydrogens (primary N) is 6. The van der Waals surface area contributed by atoms with Crippen molar-refractivity contribution in [1.82, 2.24) is 106 Å². The van der Waals surface area contributed by atoms with Gasteiger partial charge in [0.05, 0.1) is 83.4 Å². The van der Waals surface area contributed by atoms with E-state index in [1.807, 2.05) is 42.5 Å². The van der Waals surface area contributed by atoms with Crippen molar-refractivity contribution >= 4 is 154 Å². The third-order valence-electron chi connectivity index (χ3n) is 21.2. The number of likely N-dealkylation sites (tertiary alicyclic amines) is 2. The van der Waals surface area contributed by atoms with E-state index in [4.69, 9.17) is 44.9 Å². The third kappa shape index (κ3) is 41.2. The molecule has 2 saturated heterocycles. The number of aliphatic carboxylic acids is 2. The first-order valence-corrected chi connectivity index (χ1v) is 43.5. The van der Waals surface area contributed by atoms with E-state index in [0.717, 1.165) is 18.7 Å². The lowest BCUT2D eigenvalue weighted by molar-refractivity contribution is -0.142. The van der Waals surface area contributed by atoms with Crippen LogP contribution in [0.5, 0.6) is 0 Å². The van der Waals surface area contributed by atoms with Crippen molar-refractivity contribution < 1.29 is 156 Å². The average Bonchev–Trinajstić information content (AvgIpc) is 1.70. The number of aliphatic hydroxyl groups is 5. The van der Waals surface area contributed by atoms with Gasteiger partial charge in [-0.1, -0.05) is 50.6 Å². The van der Waals surface area contributed by atoms with Crippen molar-refractivity contribution in [3.63, 3.8) is 0 Å². The lowest BCUT2D eigenvalue weighted by Gasteiger charge is -2.31. The standard InChI is InChI=1S/C80H125N27O32/c1-6-35(2)61(103-68(128)41(15-10-20-88-80(86)87)96-75(135)51-17-12-22-107(51)79(139)36(3)93-64(124)40(81)24-53(83)114)77(137)105-63(38(5)112)78(138)100-43(23-39-13-8-7-9-14-39)65(125)90-28-56(117)89-30-58(119)106-21-11-16-50(106)74(134)102-48(33-109)72(132)99-46(27-59(120)121)70(130)101-49(34-110)73(133)104-62(37(4)111)76(136)91-29-57(118)94-47(32-108)71(131)98-45(26-55(85)116)69(129)95-42(18-19-52(82)113)67(127)97-44(25-54(84)115)66(126)92-31-60(122)123/h7-9,13-14,35-38,40-51,61-63,108-112H,6,10-12,15-34,81H2,1-5H3,(H2,82,113)(H2,83,114)(H2,84,115)(H2,85,116)(H,89,117)(H,90,125)(H,91,136)(H,92,126)(H,93,124)(H,94,118)(H,95,129)(H,96,135)(H,97,127)(H,98,131)(H,99,132)(H,100,138)(H,101,130)(H,102,134)(H,103,128)(H,104,133)(H,105,137)(H,120,121)(H,122,123)(H4,86,87,88)/t35-,36-,37+,38+,40-,41-,42-,43-,44-,45-,46-,47-,48-,49-,50-,51-,61-,62-,63-/m0/s1. The maximum atomic E-state index is 14.4. The second-order valence-corrected chi connectivity index (χ2v) is 32.4. The minimum absolute atomic E-state index is 0.0381. The van der Waals surface area contributed by atoms with Crippen LogP contribution in [0, 0.1) is 11.3 Å². The number of rotatable bonds is 61. The van der Waals surface area contributed by atoms with Crippen molar-refractivity contribution in [2.45, 2.75) is 233 Å². The number of nitrogens with one attached hydrogen (secondary N) is 19. The predicted octanol–water partition coefficient (Wildman–Crippen LogP) is -18.2. The lowest BCUT2D eigenvalue weighted by Crippen LogP contribution is -2.62. The summed E-state index contributed by atoms with van der Waals surface area (Å²) in [6, 6.07) is -19.9. The van der Waals surface area contributed by atoms with Crippen LogP contribution in [0.2, 0.25) is 0 Å². The SMILES string of the molecule is CC[C@H](C)[C@H](NC(=O)[C@H](CCCNC(=N)N)NC(=O)[C@@H]1CCCN1C(=O)[C@H](C)NC(=O)[C@@H](N)CC(N)=O)C(=O)N[C@H](C(=O)N[C@@H](Cc1ccccc1)C(=O)NCC(=O)NCC(=O)N1CCC[C@H]1C(=O)N[C@@H](CO)C(=O)N[C@@H](CC(=O)O)C(=O)N[C@@H](CO)C(=O)N[C@H](C(=O)NCC(=O)N[C@@H](CO)C(=O)N[C@@H](CC(N)=O)C(=O)N[C@@H](CCC(N)=O)C(=O)N[C@@H](CC(N)=O)C(=O)NCC(=O)O)[C@@H](C)O)[C@@H](C)O. The highest BCUT2D eigenvalue weighted by atomic mass is 16.4. The fourth-order valence-corrected chi connectivity index (χ4v) is 13.6. The maximum absolute atomic E-state index is 14.4. The van der Waals surface area contributed by atoms with Crippen LogP contribution in [0.15, 0.2) is 30.3 Å². The molecule has 2 aliphatic rings. The molecule has 0 bridgehead atoms. The predicted molar refractivity (Wildman–Crippen MR) is 473 cm³/mol. The summed E-state index contributed by atoms with van der Waals surface area (Å²) in [5.74, 6) is -31.0. The van der Waals surface area contributed by atoms with Gasteiger partial charge in [0.1, 0.15) is 97.2 Å². The Morgan fingerprint density at radius 1 is 0.403 bits per heavy atom. The summed E-state index contributed by atoms with van der Waals surface area (Å²) in [6.07, 6.45) is -8.33. The van der Waals surface area contributed by atoms with E-state index in [-0.39, 0.29) is 64.6 Å². The first-order chi connectivity index (χ1) is 65.3. The Kier molecular flexibility index (Phi) is 50.2. The van der Waals surface area contributed by atoms with E-state index < -0.39 is 353 Å². The van der Waals surface area contributed by atoms with Crippen LogP contribution in [0.25, 0.3) is 0 Å². The van der Waals surface area contributed by atoms with Crippen molar-refractivity contribution in [1.29, 1.82) is 5.41 Å². The maximum Gasteiger partial charge on any atom is 0.322 e. The number of hydrogen-bond acceptors (Lipinski definition) is 32. The number of guanidine groups is 1. The molecule has 38 N–H and O–H groups in total. The van der Waals surface area contributed by atoms with Gasteiger partial charge in [-0.15, -0.1) is 0 Å². The van der Waals surface area contributed by atoms with E-state index in [2.05, 4.69) is 53.2 Å². The van der Waals surface area contributed by atoms with Crippen molar-refractivity contribution in [3.8, 4) is 0 Å². The molecule has 772 valence electrons. The molecular weight excluding hydrogens is 1850 g/mol. The zero-order valence-electron chi connectivity index (χ0n) is 76.5. The Morgan fingerprint density at radius 3 is 1.33 bits per heavy atom. The Bertz CT molecular complexity index is 4610. The quantitative estimate of drug-likeness (QED) is 0.0164. The normalized spacial score (nSPS) is 16.8. The summed E-state index contributed by atoms with van der Waals surface area (Å²) in [7, 11) is 0. The van der Waals surface area contributed by atoms with E-state index in [0.29, 0.717) is 12.0 Å². The van der Waals surface area contributed by atoms with Gasteiger partial charge < -0.3 is 176 Å². The van der Waals surface area contributed by atoms with Crippen LogP contribution in [-0.2, 0) is 126 Å². The van der Waals surface area contributed by atoms with Crippen LogP contribution in [0.4, 0.5) is 0 Å². The number of carbonyl (C=O) groups excluding carboxylic acids is 23. The highest BCUT2D eigenvalue weighted by Crippen LogP contribution is 2.22. The van der Waals surface area contributed by atoms with Gasteiger partial charge in [0.2, 0.25) is 136 Å². The number of nitrogens with zero attached hydrogens (tertiary/aromatic N) is 2. The fourth-order valence-electron chi connectivity index (χ4n) is 13.6. The monoisotopic (exact) mass is 1980 g/mol. The topological polar surface area (TPSA) is 971 Å². The summed E-state index contributed by atoms with van der Waals surface area (Å²) in [4.78, 5) is 331. The molecule has 0 spiro atoms. The Morgan fingerprint density at radius 2 is 0.813 bits per heavy atom. The highest BCUT2D eigenvalue weighted by Gasteiger charge is 2.44. The van der Waals surface area contributed by atoms with Crippen LogP contribution in [0.3, 0.4) is 0 Å². The molecule has 139 heavy (non-hydrogen) atoms. The molecule has 0 radical (unpaired) electrons. The van der Waals surface area contributed by atoms with Gasteiger partial charge in [-0.25, -0.2) is 0 Å². The van der Waals surface area contributed by atoms with Gasteiger partial charge in [-0.2, -0.15) is 0 Å². The number of carboxylic acids is 2. The average molecular weight is 1980 g/mol. The van der Waals surface area contributed by atoms with E-state index in [1.165, 1.54) is 11.8 Å². The van der Waals surface area contributed by atoms with Gasteiger partial charge in [-0.3, -0.25) is 125 Å². The lowest BCUT2D eigenvalue weighted by atomic mass is 9.96. The van der Waals surface area contributed by atoms with Gasteiger partial charge in [0, 0.05) is 32.5 Å². The number of hydrogen-bond donors (Lipinski definition) is 32. The zero-order chi connectivity index (χ0) is 105. The molecule has 1 aromatic carbocycles. The number of primary amides is 4. The van der Waals surface area contributed by atoms with E-state index in [1.54, 1.807) is 44.2 Å². The molecule has 2 fully saturated rings. The van der Waals surface area contributed by atoms with Crippen molar-refractivity contribution in [2.24, 2.45) is 40.3 Å². The molecule has 2 heterocycles. The van der Waals surface area contributed by atoms with Crippen LogP contribution in [0.1, 0.15) is 124 Å². The molecule has 2 aliphatic heterocycles. The van der Waals surface area contributed by atoms with Gasteiger partial charge in [0.15, 0.2) is 5.96 Å². The van der Waals surface area contributed by atoms with Crippen LogP contribution >= 0.6 is 0 Å². The molecule has 0 saturated carbocycles. The smallest absolute Gasteiger partial charge is 0.322 e. The Hall–Kier alpha value is -15.0. The number of carbonyl (C=O) groups is 25. The molecule has 0 aromatic heterocycles. The highest BCUT2D eigenvalue weighted by molar-refractivity contribution is 6.03. The zero-order valence-corrected chi connectivity index (χ0v) is 76.5. The first-order valence-electron chi connectivity index (χ1n) is 43.5. The molecule has 59 nitrogen and oxygen atoms in total. The summed E-state index contributed by atoms with van der Waals surface area (Å²) in [5, 5.41) is 118. The van der Waals surface area contributed by atoms with Crippen LogP contribution < -0.4 is 130 Å². The molecule has 23 amide bonds. The van der Waals surface area contributed by atoms with Gasteiger partial charge in [0.25, 0.3) is 0 Å².